The molecular formula is C20H24N4O3. The third-order valence-electron chi connectivity index (χ3n) is 4.70. The molecule has 2 aromatic rings. The van der Waals surface area contributed by atoms with Crippen molar-refractivity contribution >= 4 is 23.5 Å². The van der Waals surface area contributed by atoms with Gasteiger partial charge in [0.05, 0.1) is 18.8 Å². The van der Waals surface area contributed by atoms with Gasteiger partial charge in [-0.25, -0.2) is 0 Å². The maximum atomic E-state index is 12.2. The van der Waals surface area contributed by atoms with Gasteiger partial charge in [-0.2, -0.15) is 0 Å². The number of para-hydroxylation sites is 1. The van der Waals surface area contributed by atoms with E-state index >= 15 is 0 Å². The fourth-order valence-corrected chi connectivity index (χ4v) is 3.36. The highest BCUT2D eigenvalue weighted by Crippen LogP contribution is 2.32. The first-order valence-corrected chi connectivity index (χ1v) is 8.71. The number of carbonyl (C=O) groups excluding carboxylic acids is 1. The topological polar surface area (TPSA) is 118 Å². The largest absolute Gasteiger partial charge is 0.507 e. The molecule has 1 aliphatic rings. The number of ether oxygens (including phenoxy) is 1. The number of aromatic amines is 1. The fourth-order valence-electron chi connectivity index (χ4n) is 3.36. The highest BCUT2D eigenvalue weighted by atomic mass is 16.5. The first kappa shape index (κ1) is 18.6. The van der Waals surface area contributed by atoms with Gasteiger partial charge in [0, 0.05) is 29.1 Å². The number of phenolic OH excluding ortho intramolecular Hbond substituents is 1. The maximum absolute atomic E-state index is 12.2. The molecule has 1 amide bonds. The van der Waals surface area contributed by atoms with Gasteiger partial charge in [0.25, 0.3) is 0 Å². The van der Waals surface area contributed by atoms with Crippen LogP contribution in [0.4, 0.5) is 5.82 Å². The zero-order chi connectivity index (χ0) is 19.6. The van der Waals surface area contributed by atoms with Crippen molar-refractivity contribution in [2.75, 3.05) is 18.9 Å². The van der Waals surface area contributed by atoms with Crippen LogP contribution >= 0.6 is 0 Å². The van der Waals surface area contributed by atoms with E-state index in [9.17, 15) is 9.90 Å². The minimum Gasteiger partial charge on any atom is -0.507 e. The summed E-state index contributed by atoms with van der Waals surface area (Å²) in [5.41, 5.74) is 14.6. The van der Waals surface area contributed by atoms with Crippen molar-refractivity contribution in [3.63, 3.8) is 0 Å². The van der Waals surface area contributed by atoms with E-state index in [1.807, 2.05) is 13.0 Å². The summed E-state index contributed by atoms with van der Waals surface area (Å²) in [6, 6.07) is 8.36. The van der Waals surface area contributed by atoms with E-state index in [0.717, 1.165) is 5.69 Å². The molecule has 27 heavy (non-hydrogen) atoms. The van der Waals surface area contributed by atoms with Crippen LogP contribution in [0.3, 0.4) is 0 Å². The first-order valence-electron chi connectivity index (χ1n) is 8.71. The molecule has 7 nitrogen and oxygen atoms in total. The summed E-state index contributed by atoms with van der Waals surface area (Å²) in [5, 5.41) is 9.97. The Morgan fingerprint density at radius 1 is 1.44 bits per heavy atom. The fraction of sp³-hybridized carbons (Fsp3) is 0.250. The molecule has 1 aliphatic heterocycles. The number of nitrogens with two attached hydrogens (primary N) is 2. The molecule has 3 rings (SSSR count). The number of nitrogen functional groups attached to an aromatic ring is 1. The van der Waals surface area contributed by atoms with E-state index in [4.69, 9.17) is 16.2 Å². The number of phenols is 1. The van der Waals surface area contributed by atoms with Crippen LogP contribution in [0.25, 0.3) is 11.8 Å². The number of nitrogens with zero attached hydrogens (tertiary/aromatic N) is 1. The molecule has 0 aliphatic carbocycles. The van der Waals surface area contributed by atoms with Gasteiger partial charge in [-0.1, -0.05) is 18.7 Å². The molecule has 0 spiro atoms. The predicted molar refractivity (Wildman–Crippen MR) is 105 cm³/mol. The number of benzene rings is 1. The zero-order valence-electron chi connectivity index (χ0n) is 15.2. The van der Waals surface area contributed by atoms with Gasteiger partial charge >= 0.3 is 0 Å². The van der Waals surface area contributed by atoms with Crippen molar-refractivity contribution in [1.82, 2.24) is 9.88 Å². The second-order valence-corrected chi connectivity index (χ2v) is 6.47. The van der Waals surface area contributed by atoms with Crippen LogP contribution in [0, 0.1) is 0 Å². The van der Waals surface area contributed by atoms with Gasteiger partial charge in [0.1, 0.15) is 11.6 Å². The second kappa shape index (κ2) is 7.59. The number of rotatable bonds is 4. The number of hydrogen-bond acceptors (Lipinski definition) is 5. The van der Waals surface area contributed by atoms with E-state index < -0.39 is 0 Å². The van der Waals surface area contributed by atoms with Crippen molar-refractivity contribution < 1.29 is 14.6 Å². The molecule has 1 aromatic carbocycles. The summed E-state index contributed by atoms with van der Waals surface area (Å²) in [5.74, 6) is 0.360. The minimum atomic E-state index is -0.306. The summed E-state index contributed by atoms with van der Waals surface area (Å²) in [4.78, 5) is 17.1. The highest BCUT2D eigenvalue weighted by Gasteiger charge is 2.34. The lowest BCUT2D eigenvalue weighted by Gasteiger charge is -2.38. The zero-order valence-corrected chi connectivity index (χ0v) is 15.2. The Morgan fingerprint density at radius 2 is 2.19 bits per heavy atom. The van der Waals surface area contributed by atoms with Gasteiger partial charge in [0.15, 0.2) is 0 Å². The number of nitrogens with one attached hydrogen (secondary N) is 1. The van der Waals surface area contributed by atoms with Crippen molar-refractivity contribution in [3.8, 4) is 5.75 Å². The Morgan fingerprint density at radius 3 is 2.89 bits per heavy atom. The Hall–Kier alpha value is -3.19. The van der Waals surface area contributed by atoms with E-state index in [-0.39, 0.29) is 23.8 Å². The molecule has 0 radical (unpaired) electrons. The number of hydrogen-bond donors (Lipinski definition) is 4. The summed E-state index contributed by atoms with van der Waals surface area (Å²) in [6.45, 7) is 6.44. The normalized spacial score (nSPS) is 20.5. The lowest BCUT2D eigenvalue weighted by atomic mass is 10.0. The van der Waals surface area contributed by atoms with E-state index in [2.05, 4.69) is 11.6 Å². The monoisotopic (exact) mass is 368 g/mol. The van der Waals surface area contributed by atoms with E-state index in [0.29, 0.717) is 35.8 Å². The third-order valence-corrected chi connectivity index (χ3v) is 4.70. The molecule has 0 saturated carbocycles. The van der Waals surface area contributed by atoms with Crippen LogP contribution in [-0.2, 0) is 9.53 Å². The molecule has 7 heteroatoms. The molecule has 2 atom stereocenters. The van der Waals surface area contributed by atoms with Gasteiger partial charge in [-0.3, -0.25) is 4.79 Å². The molecule has 142 valence electrons. The molecule has 1 saturated heterocycles. The van der Waals surface area contributed by atoms with Crippen molar-refractivity contribution in [3.05, 3.63) is 59.8 Å². The summed E-state index contributed by atoms with van der Waals surface area (Å²) >= 11 is 0. The van der Waals surface area contributed by atoms with Gasteiger partial charge < -0.3 is 31.2 Å². The Bertz CT molecular complexity index is 887. The van der Waals surface area contributed by atoms with E-state index in [1.54, 1.807) is 35.2 Å². The first-order chi connectivity index (χ1) is 12.9. The average molecular weight is 368 g/mol. The highest BCUT2D eigenvalue weighted by molar-refractivity contribution is 5.88. The molecule has 2 heterocycles. The van der Waals surface area contributed by atoms with Crippen LogP contribution in [0.1, 0.15) is 29.8 Å². The maximum Gasteiger partial charge on any atom is 0.246 e. The van der Waals surface area contributed by atoms with E-state index in [1.165, 1.54) is 6.08 Å². The Labute approximate surface area is 157 Å². The number of aromatic hydroxyl groups is 1. The number of aromatic nitrogens is 1. The quantitative estimate of drug-likeness (QED) is 0.617. The lowest BCUT2D eigenvalue weighted by molar-refractivity contribution is -0.140. The summed E-state index contributed by atoms with van der Waals surface area (Å²) in [6.07, 6.45) is 2.79. The van der Waals surface area contributed by atoms with Gasteiger partial charge in [-0.05, 0) is 37.3 Å². The predicted octanol–water partition coefficient (Wildman–Crippen LogP) is 2.23. The van der Waals surface area contributed by atoms with Crippen molar-refractivity contribution in [2.45, 2.75) is 19.1 Å². The van der Waals surface area contributed by atoms with Crippen LogP contribution in [-0.4, -0.2) is 40.2 Å². The second-order valence-electron chi connectivity index (χ2n) is 6.47. The smallest absolute Gasteiger partial charge is 0.246 e. The number of amides is 1. The van der Waals surface area contributed by atoms with Crippen LogP contribution in [0.5, 0.6) is 5.75 Å². The Kier molecular flexibility index (Phi) is 5.23. The standard InChI is InChI=1S/C20H24N4O3/c1-3-18(26)24-8-9-27-12(2)19(24)16-11-13(20(22)23-16)10-15(21)14-6-4-5-7-17(14)25/h3-7,10-12,19,23,25H,1,8-9,21-22H2,2H3/b15-10-. The van der Waals surface area contributed by atoms with Crippen LogP contribution in [0.2, 0.25) is 0 Å². The van der Waals surface area contributed by atoms with Crippen LogP contribution < -0.4 is 11.5 Å². The summed E-state index contributed by atoms with van der Waals surface area (Å²) in [7, 11) is 0. The molecular weight excluding hydrogens is 344 g/mol. The minimum absolute atomic E-state index is 0.0950. The number of morpholine rings is 1. The molecule has 0 bridgehead atoms. The summed E-state index contributed by atoms with van der Waals surface area (Å²) < 4.78 is 5.72. The molecule has 6 N–H and O–H groups in total. The number of carbonyl (C=O) groups is 1. The molecule has 1 fully saturated rings. The van der Waals surface area contributed by atoms with Gasteiger partial charge in [-0.15, -0.1) is 0 Å². The SMILES string of the molecule is C=CC(=O)N1CCOC(C)C1c1cc(/C=C(\N)c2ccccc2O)c(N)[nH]1. The van der Waals surface area contributed by atoms with Crippen LogP contribution in [0.15, 0.2) is 43.0 Å². The average Bonchev–Trinajstić information content (AvgIpc) is 3.01. The Balaban J connectivity index is 1.95. The van der Waals surface area contributed by atoms with Crippen molar-refractivity contribution in [2.24, 2.45) is 5.73 Å². The van der Waals surface area contributed by atoms with Gasteiger partial charge in [0.2, 0.25) is 5.91 Å². The number of H-pyrrole nitrogens is 1. The molecule has 1 aromatic heterocycles. The molecule has 2 unspecified atom stereocenters. The lowest BCUT2D eigenvalue weighted by Crippen LogP contribution is -2.46. The third kappa shape index (κ3) is 3.68. The number of anilines is 1. The van der Waals surface area contributed by atoms with Crippen molar-refractivity contribution in [1.29, 1.82) is 0 Å².